The van der Waals surface area contributed by atoms with Crippen molar-refractivity contribution >= 4 is 49.9 Å². The molecule has 7 saturated carbocycles. The number of alkyl halides is 1. The van der Waals surface area contributed by atoms with Gasteiger partial charge >= 0.3 is 32.4 Å². The number of nitrogens with zero attached hydrogens (tertiary/aromatic N) is 2. The van der Waals surface area contributed by atoms with Crippen molar-refractivity contribution in [2.45, 2.75) is 179 Å². The highest BCUT2D eigenvalue weighted by molar-refractivity contribution is 6.48. The zero-order chi connectivity index (χ0) is 51.4. The third-order valence-corrected chi connectivity index (χ3v) is 18.2. The van der Waals surface area contributed by atoms with Gasteiger partial charge in [0.1, 0.15) is 24.5 Å². The first kappa shape index (κ1) is 53.9. The summed E-state index contributed by atoms with van der Waals surface area (Å²) >= 11 is 5.71. The summed E-state index contributed by atoms with van der Waals surface area (Å²) in [6, 6.07) is 21.8. The molecule has 72 heavy (non-hydrogen) atoms. The Kier molecular flexibility index (Phi) is 17.0. The number of ether oxygens (including phenoxy) is 2. The lowest BCUT2D eigenvalue weighted by molar-refractivity contribution is -0.199. The highest BCUT2D eigenvalue weighted by atomic mass is 35.5. The van der Waals surface area contributed by atoms with Crippen LogP contribution >= 0.6 is 11.6 Å². The van der Waals surface area contributed by atoms with Crippen LogP contribution in [0, 0.1) is 45.8 Å². The van der Waals surface area contributed by atoms with Crippen molar-refractivity contribution < 1.29 is 52.4 Å². The van der Waals surface area contributed by atoms with Crippen LogP contribution < -0.4 is 10.6 Å². The van der Waals surface area contributed by atoms with Crippen LogP contribution in [0.25, 0.3) is 0 Å². The van der Waals surface area contributed by atoms with E-state index in [0.717, 1.165) is 62.5 Å². The monoisotopic (exact) mass is 1010 g/mol. The van der Waals surface area contributed by atoms with Gasteiger partial charge in [-0.3, -0.25) is 9.59 Å². The normalized spacial score (nSPS) is 32.1. The minimum atomic E-state index is -1.07. The van der Waals surface area contributed by atoms with Crippen molar-refractivity contribution in [3.63, 3.8) is 0 Å². The highest BCUT2D eigenvalue weighted by Gasteiger charge is 2.70. The second-order valence-electron chi connectivity index (χ2n) is 23.1. The number of carbonyl (C=O) groups is 4. The molecule has 3 amide bonds. The summed E-state index contributed by atoms with van der Waals surface area (Å²) in [5.74, 6) is 0.370. The van der Waals surface area contributed by atoms with E-state index < -0.39 is 38.7 Å². The minimum absolute atomic E-state index is 0.0321. The number of hydrogen-bond acceptors (Lipinski definition) is 11. The van der Waals surface area contributed by atoms with E-state index >= 15 is 0 Å². The van der Waals surface area contributed by atoms with Gasteiger partial charge in [0.05, 0.1) is 47.9 Å². The number of nitrogens with one attached hydrogen (secondary N) is 2. The van der Waals surface area contributed by atoms with Crippen LogP contribution in [0.15, 0.2) is 60.7 Å². The van der Waals surface area contributed by atoms with Crippen LogP contribution in [0.4, 0.5) is 9.59 Å². The van der Waals surface area contributed by atoms with Gasteiger partial charge < -0.3 is 48.7 Å². The maximum Gasteiger partial charge on any atom is 0.482 e. The van der Waals surface area contributed by atoms with Crippen LogP contribution in [0.2, 0.25) is 0 Å². The van der Waals surface area contributed by atoms with Gasteiger partial charge in [-0.15, -0.1) is 11.6 Å². The Morgan fingerprint density at radius 3 is 1.60 bits per heavy atom. The molecule has 3 saturated heterocycles. The van der Waals surface area contributed by atoms with Crippen LogP contribution in [0.1, 0.15) is 130 Å². The summed E-state index contributed by atoms with van der Waals surface area (Å²) in [5.41, 5.74) is 2.15. The van der Waals surface area contributed by atoms with Gasteiger partial charge in [-0.2, -0.15) is 5.26 Å². The van der Waals surface area contributed by atoms with Gasteiger partial charge in [-0.05, 0) is 137 Å². The van der Waals surface area contributed by atoms with Gasteiger partial charge in [0.15, 0.2) is 0 Å². The molecule has 0 spiro atoms. The van der Waals surface area contributed by atoms with E-state index in [1.807, 2.05) is 48.5 Å². The van der Waals surface area contributed by atoms with Crippen molar-refractivity contribution in [2.75, 3.05) is 19.0 Å². The van der Waals surface area contributed by atoms with E-state index in [4.69, 9.17) is 50.1 Å². The van der Waals surface area contributed by atoms with Crippen molar-refractivity contribution in [3.8, 4) is 6.07 Å². The Hall–Kier alpha value is -4.33. The number of halogens is 1. The molecular weight excluding hydrogens is 938 g/mol. The number of amides is 3. The molecular formula is C54H75B2ClN4O11. The Labute approximate surface area is 431 Å². The lowest BCUT2D eigenvalue weighted by Crippen LogP contribution is -2.65. The number of benzene rings is 2. The smallest absolute Gasteiger partial charge is 0.480 e. The fourth-order valence-corrected chi connectivity index (χ4v) is 13.7. The number of carboxylic acids is 1. The van der Waals surface area contributed by atoms with E-state index in [1.54, 1.807) is 4.90 Å². The molecule has 390 valence electrons. The van der Waals surface area contributed by atoms with Crippen LogP contribution in [0.5, 0.6) is 0 Å². The first-order valence-electron chi connectivity index (χ1n) is 26.4. The maximum absolute atomic E-state index is 13.0. The zero-order valence-electron chi connectivity index (χ0n) is 43.0. The SMILES string of the molecule is CC1(C)[C@@H]2C[C@H]3OB([C@H](Cc4ccccc4)NC(=O)OC4CCCCC4)O[C@@]3(C)[C@H]1C2.CC1(C)[C@@H]2C[C@H]3OB([C@H](Cc4ccccc4)NC(=O)O[C@H]4CCCN(C(=O)CCl)C4)O[C@@]3(C)[C@H]1C2.N#CCC(=O)O. The third kappa shape index (κ3) is 11.8. The lowest BCUT2D eigenvalue weighted by Gasteiger charge is -2.64. The van der Waals surface area contributed by atoms with E-state index in [9.17, 15) is 19.2 Å². The molecule has 10 fully saturated rings. The average Bonchev–Trinajstić information content (AvgIpc) is 3.91. The molecule has 3 N–H and O–H groups in total. The van der Waals surface area contributed by atoms with Crippen molar-refractivity contribution in [3.05, 3.63) is 71.8 Å². The predicted octanol–water partition coefficient (Wildman–Crippen LogP) is 8.73. The molecule has 2 aromatic carbocycles. The predicted molar refractivity (Wildman–Crippen MR) is 272 cm³/mol. The number of rotatable bonds is 12. The fraction of sp³-hybridized carbons (Fsp3) is 0.685. The number of aliphatic carboxylic acids is 1. The summed E-state index contributed by atoms with van der Waals surface area (Å²) in [6.45, 7) is 14.8. The van der Waals surface area contributed by atoms with Gasteiger partial charge in [0.2, 0.25) is 5.91 Å². The van der Waals surface area contributed by atoms with Crippen LogP contribution in [-0.2, 0) is 50.5 Å². The quantitative estimate of drug-likeness (QED) is 0.135. The van der Waals surface area contributed by atoms with Gasteiger partial charge in [0.25, 0.3) is 0 Å². The summed E-state index contributed by atoms with van der Waals surface area (Å²) in [6.07, 6.45) is 11.2. The molecule has 4 bridgehead atoms. The number of alkyl carbamates (subject to hydrolysis) is 2. The molecule has 2 aromatic rings. The average molecular weight is 1010 g/mol. The molecule has 3 heterocycles. The number of piperidine rings is 1. The Morgan fingerprint density at radius 2 is 1.18 bits per heavy atom. The topological polar surface area (TPSA) is 195 Å². The lowest BCUT2D eigenvalue weighted by atomic mass is 9.43. The molecule has 7 aliphatic carbocycles. The van der Waals surface area contributed by atoms with E-state index in [0.29, 0.717) is 55.0 Å². The number of likely N-dealkylation sites (tertiary alicyclic amines) is 1. The maximum atomic E-state index is 13.0. The van der Waals surface area contributed by atoms with E-state index in [-0.39, 0.29) is 64.9 Å². The molecule has 12 rings (SSSR count). The molecule has 3 aliphatic heterocycles. The largest absolute Gasteiger partial charge is 0.482 e. The zero-order valence-corrected chi connectivity index (χ0v) is 43.8. The molecule has 18 heteroatoms. The summed E-state index contributed by atoms with van der Waals surface area (Å²) < 4.78 is 37.8. The van der Waals surface area contributed by atoms with E-state index in [2.05, 4.69) is 64.3 Å². The van der Waals surface area contributed by atoms with E-state index in [1.165, 1.54) is 25.3 Å². The molecule has 0 unspecified atom stereocenters. The van der Waals surface area contributed by atoms with Gasteiger partial charge in [-0.25, -0.2) is 9.59 Å². The van der Waals surface area contributed by atoms with Gasteiger partial charge in [0, 0.05) is 6.54 Å². The van der Waals surface area contributed by atoms with Gasteiger partial charge in [-0.1, -0.05) is 94.8 Å². The molecule has 0 aromatic heterocycles. The van der Waals surface area contributed by atoms with Crippen LogP contribution in [0.3, 0.4) is 0 Å². The molecule has 15 nitrogen and oxygen atoms in total. The molecule has 0 radical (unpaired) electrons. The van der Waals surface area contributed by atoms with Crippen molar-refractivity contribution in [2.24, 2.45) is 34.5 Å². The second-order valence-corrected chi connectivity index (χ2v) is 23.4. The third-order valence-electron chi connectivity index (χ3n) is 18.0. The van der Waals surface area contributed by atoms with Crippen molar-refractivity contribution in [1.82, 2.24) is 15.5 Å². The Morgan fingerprint density at radius 1 is 0.722 bits per heavy atom. The number of hydrogen-bond donors (Lipinski definition) is 3. The Balaban J connectivity index is 0.000000174. The highest BCUT2D eigenvalue weighted by Crippen LogP contribution is 2.67. The first-order valence-corrected chi connectivity index (χ1v) is 27.0. The fourth-order valence-electron chi connectivity index (χ4n) is 13.6. The summed E-state index contributed by atoms with van der Waals surface area (Å²) in [4.78, 5) is 48.8. The number of nitriles is 1. The standard InChI is InChI=1S/C26H36BClN2O5.C25H36BNO4.C3H3NO2/c1-25(2)18-13-20(25)26(3)21(14-18)34-27(35-26)22(12-17-8-5-4-6-9-17)29-24(32)33-19-10-7-11-30(16-19)23(31)15-28;1-24(2)18-15-20(24)25(3)21(16-18)30-26(31-25)22(14-17-10-6-4-7-11-17)27-23(28)29-19-12-8-5-9-13-19;4-2-1-3(5)6/h4-6,8-9,18-22H,7,10-16H2,1-3H3,(H,29,32);4,6-7,10-11,18-22H,5,8-9,12-16H2,1-3H3,(H,27,28);1H2,(H,5,6)/t18-,19-,20-,21+,22-,26-;18-,20-,21+,22-,25-;/m00./s1. The minimum Gasteiger partial charge on any atom is -0.480 e. The number of carbonyl (C=O) groups excluding carboxylic acids is 3. The van der Waals surface area contributed by atoms with Crippen LogP contribution in [-0.4, -0.2) is 115 Å². The summed E-state index contributed by atoms with van der Waals surface area (Å²) in [5, 5.41) is 21.5. The summed E-state index contributed by atoms with van der Waals surface area (Å²) in [7, 11) is -1.00. The molecule has 11 atom stereocenters. The second kappa shape index (κ2) is 22.6. The molecule has 10 aliphatic rings. The Bertz CT molecular complexity index is 2250. The first-order chi connectivity index (χ1) is 34.3. The number of carboxylic acid groups (broad SMARTS) is 1. The van der Waals surface area contributed by atoms with Crippen molar-refractivity contribution in [1.29, 1.82) is 5.26 Å².